The fraction of sp³-hybridized carbons (Fsp3) is 0.405. The van der Waals surface area contributed by atoms with E-state index in [1.807, 2.05) is 36.5 Å². The average Bonchev–Trinajstić information content (AvgIpc) is 3.56. The highest BCUT2D eigenvalue weighted by Crippen LogP contribution is 2.67. The Morgan fingerprint density at radius 2 is 1.80 bits per heavy atom. The number of aromatic hydroxyl groups is 2. The number of phenols is 2. The Morgan fingerprint density at radius 1 is 1.02 bits per heavy atom. The van der Waals surface area contributed by atoms with Crippen LogP contribution in [0, 0.1) is 40.9 Å². The number of aliphatic hydroxyl groups is 1. The summed E-state index contributed by atoms with van der Waals surface area (Å²) in [5.41, 5.74) is 2.55. The molecule has 0 spiro atoms. The molecule has 7 nitrogen and oxygen atoms in total. The van der Waals surface area contributed by atoms with Gasteiger partial charge in [-0.3, -0.25) is 4.79 Å². The summed E-state index contributed by atoms with van der Waals surface area (Å²) in [6.07, 6.45) is 17.4. The lowest BCUT2D eigenvalue weighted by atomic mass is 9.46. The summed E-state index contributed by atoms with van der Waals surface area (Å²) >= 11 is 0. The number of aromatic nitrogens is 1. The van der Waals surface area contributed by atoms with Gasteiger partial charge in [0.2, 0.25) is 0 Å². The molecule has 0 radical (unpaired) electrons. The first-order chi connectivity index (χ1) is 21.1. The predicted octanol–water partition coefficient (Wildman–Crippen LogP) is 7.09. The molecule has 44 heavy (non-hydrogen) atoms. The summed E-state index contributed by atoms with van der Waals surface area (Å²) in [5, 5.41) is 34.3. The quantitative estimate of drug-likeness (QED) is 0.202. The summed E-state index contributed by atoms with van der Waals surface area (Å²) in [7, 11) is 0. The van der Waals surface area contributed by atoms with E-state index in [0.717, 1.165) is 55.9 Å². The maximum Gasteiger partial charge on any atom is 0.197 e. The summed E-state index contributed by atoms with van der Waals surface area (Å²) in [6, 6.07) is 12.9. The minimum absolute atomic E-state index is 0.0671. The van der Waals surface area contributed by atoms with Crippen molar-refractivity contribution in [1.82, 2.24) is 5.16 Å². The second-order valence-electron chi connectivity index (χ2n) is 13.6. The Hall–Kier alpha value is -4.28. The fourth-order valence-electron chi connectivity index (χ4n) is 9.14. The lowest BCUT2D eigenvalue weighted by Gasteiger charge is -2.58. The van der Waals surface area contributed by atoms with Crippen molar-refractivity contribution in [2.45, 2.75) is 64.4 Å². The maximum atomic E-state index is 12.0. The van der Waals surface area contributed by atoms with Crippen molar-refractivity contribution < 1.29 is 24.3 Å². The maximum absolute atomic E-state index is 12.0. The molecule has 2 aromatic carbocycles. The van der Waals surface area contributed by atoms with Crippen molar-refractivity contribution in [3.8, 4) is 35.2 Å². The van der Waals surface area contributed by atoms with Crippen LogP contribution in [-0.2, 0) is 6.42 Å². The molecule has 3 fully saturated rings. The van der Waals surface area contributed by atoms with Gasteiger partial charge in [0.05, 0.1) is 6.20 Å². The predicted molar refractivity (Wildman–Crippen MR) is 168 cm³/mol. The van der Waals surface area contributed by atoms with E-state index >= 15 is 0 Å². The topological polar surface area (TPSA) is 117 Å². The first-order valence-electron chi connectivity index (χ1n) is 15.5. The van der Waals surface area contributed by atoms with Crippen molar-refractivity contribution in [1.29, 1.82) is 0 Å². The molecule has 3 N–H and O–H groups in total. The summed E-state index contributed by atoms with van der Waals surface area (Å²) in [5.74, 6) is 5.59. The lowest BCUT2D eigenvalue weighted by Crippen LogP contribution is -2.54. The second kappa shape index (κ2) is 10.1. The van der Waals surface area contributed by atoms with E-state index in [4.69, 9.17) is 15.4 Å². The van der Waals surface area contributed by atoms with Gasteiger partial charge in [-0.2, -0.15) is 0 Å². The number of fused-ring (bicyclic) bond motifs is 7. The Bertz CT molecular complexity index is 1880. The average molecular weight is 592 g/mol. The molecule has 4 aliphatic rings. The number of hydrogen-bond acceptors (Lipinski definition) is 7. The van der Waals surface area contributed by atoms with Crippen LogP contribution in [0.3, 0.4) is 0 Å². The van der Waals surface area contributed by atoms with Gasteiger partial charge in [-0.1, -0.05) is 60.8 Å². The Morgan fingerprint density at radius 3 is 2.57 bits per heavy atom. The first-order valence-corrected chi connectivity index (χ1v) is 15.5. The van der Waals surface area contributed by atoms with E-state index < -0.39 is 5.60 Å². The van der Waals surface area contributed by atoms with Crippen molar-refractivity contribution in [2.24, 2.45) is 28.6 Å². The molecule has 0 aliphatic heterocycles. The van der Waals surface area contributed by atoms with Crippen LogP contribution in [0.1, 0.15) is 63.7 Å². The van der Waals surface area contributed by atoms with Gasteiger partial charge in [0.25, 0.3) is 0 Å². The number of nitrogens with zero attached hydrogens (tertiary/aromatic N) is 1. The largest absolute Gasteiger partial charge is 0.508 e. The van der Waals surface area contributed by atoms with Crippen LogP contribution in [0.15, 0.2) is 74.0 Å². The molecule has 0 amide bonds. The Kier molecular flexibility index (Phi) is 6.56. The van der Waals surface area contributed by atoms with Crippen LogP contribution >= 0.6 is 0 Å². The van der Waals surface area contributed by atoms with Gasteiger partial charge >= 0.3 is 0 Å². The van der Waals surface area contributed by atoms with Gasteiger partial charge in [0.15, 0.2) is 11.2 Å². The molecule has 2 aromatic heterocycles. The highest BCUT2D eigenvalue weighted by atomic mass is 16.5. The zero-order chi connectivity index (χ0) is 30.9. The summed E-state index contributed by atoms with van der Waals surface area (Å²) < 4.78 is 11.0. The SMILES string of the molecule is C#CC1(O)CCC2C3CCC4=Cc5oncc5CC4(C)C3CCC21C.O=c1cc(-c2ccccc2)oc2cc(O)cc(O)c12. The molecule has 226 valence electrons. The second-order valence-corrected chi connectivity index (χ2v) is 13.6. The number of phenolic OH excluding ortho intramolecular Hbond substituents is 2. The molecule has 8 rings (SSSR count). The monoisotopic (exact) mass is 591 g/mol. The van der Waals surface area contributed by atoms with Crippen LogP contribution < -0.4 is 5.43 Å². The molecular formula is C37H37NO6. The van der Waals surface area contributed by atoms with Gasteiger partial charge in [0.1, 0.15) is 33.8 Å². The third kappa shape index (κ3) is 4.22. The number of terminal acetylenes is 1. The van der Waals surface area contributed by atoms with Gasteiger partial charge in [-0.05, 0) is 74.2 Å². The molecule has 0 saturated heterocycles. The fourth-order valence-corrected chi connectivity index (χ4v) is 9.14. The smallest absolute Gasteiger partial charge is 0.197 e. The zero-order valence-electron chi connectivity index (χ0n) is 25.0. The molecule has 2 heterocycles. The summed E-state index contributed by atoms with van der Waals surface area (Å²) in [4.78, 5) is 12.0. The molecule has 0 bridgehead atoms. The van der Waals surface area contributed by atoms with Crippen LogP contribution in [-0.4, -0.2) is 26.1 Å². The van der Waals surface area contributed by atoms with Crippen molar-refractivity contribution in [3.05, 3.63) is 81.8 Å². The van der Waals surface area contributed by atoms with E-state index in [1.54, 1.807) is 5.57 Å². The number of allylic oxidation sites excluding steroid dienone is 1. The molecule has 4 aromatic rings. The van der Waals surface area contributed by atoms with Crippen LogP contribution in [0.5, 0.6) is 11.5 Å². The van der Waals surface area contributed by atoms with Crippen LogP contribution in [0.4, 0.5) is 0 Å². The number of rotatable bonds is 1. The summed E-state index contributed by atoms with van der Waals surface area (Å²) in [6.45, 7) is 4.71. The Labute approximate surface area is 256 Å². The number of hydrogen-bond donors (Lipinski definition) is 3. The van der Waals surface area contributed by atoms with E-state index in [1.165, 1.54) is 24.1 Å². The minimum atomic E-state index is -0.909. The highest BCUT2D eigenvalue weighted by molar-refractivity contribution is 5.86. The molecule has 6 unspecified atom stereocenters. The standard InChI is InChI=1S/C22H27NO2.C15H10O4/c1-4-22(24)10-8-18-16-6-5-15-11-19-14(13-23-25-19)12-20(15,2)17(16)7-9-21(18,22)3;16-10-6-11(17)15-12(18)8-13(19-14(15)7-10)9-4-2-1-3-5-9/h1,11,13,16-18,24H,5-10,12H2,2-3H3;1-8,16-17H. The minimum Gasteiger partial charge on any atom is -0.508 e. The lowest BCUT2D eigenvalue weighted by molar-refractivity contribution is -0.0975. The third-order valence-electron chi connectivity index (χ3n) is 11.5. The van der Waals surface area contributed by atoms with Crippen molar-refractivity contribution >= 4 is 17.0 Å². The van der Waals surface area contributed by atoms with Gasteiger partial charge in [0, 0.05) is 34.7 Å². The van der Waals surface area contributed by atoms with Gasteiger partial charge in [-0.25, -0.2) is 0 Å². The molecule has 4 aliphatic carbocycles. The van der Waals surface area contributed by atoms with E-state index in [9.17, 15) is 20.1 Å². The van der Waals surface area contributed by atoms with E-state index in [0.29, 0.717) is 23.5 Å². The molecule has 6 atom stereocenters. The Balaban J connectivity index is 0.000000148. The van der Waals surface area contributed by atoms with Gasteiger partial charge < -0.3 is 24.3 Å². The first kappa shape index (κ1) is 28.5. The van der Waals surface area contributed by atoms with Crippen molar-refractivity contribution in [2.75, 3.05) is 0 Å². The molecular weight excluding hydrogens is 554 g/mol. The third-order valence-corrected chi connectivity index (χ3v) is 11.5. The normalized spacial score (nSPS) is 31.8. The van der Waals surface area contributed by atoms with E-state index in [2.05, 4.69) is 31.0 Å². The van der Waals surface area contributed by atoms with Crippen LogP contribution in [0.2, 0.25) is 0 Å². The van der Waals surface area contributed by atoms with Crippen LogP contribution in [0.25, 0.3) is 28.4 Å². The van der Waals surface area contributed by atoms with Crippen molar-refractivity contribution in [3.63, 3.8) is 0 Å². The zero-order valence-corrected chi connectivity index (χ0v) is 25.0. The van der Waals surface area contributed by atoms with E-state index in [-0.39, 0.29) is 38.7 Å². The highest BCUT2D eigenvalue weighted by Gasteiger charge is 2.63. The van der Waals surface area contributed by atoms with Gasteiger partial charge in [-0.15, -0.1) is 6.42 Å². The molecule has 3 saturated carbocycles. The molecule has 7 heteroatoms. The number of benzene rings is 2.